The Hall–Kier alpha value is -1.75. The molecule has 0 aliphatic carbocycles. The van der Waals surface area contributed by atoms with Gasteiger partial charge in [-0.2, -0.15) is 0 Å². The van der Waals surface area contributed by atoms with Crippen LogP contribution in [0.4, 0.5) is 4.39 Å². The van der Waals surface area contributed by atoms with Crippen molar-refractivity contribution in [3.8, 4) is 0 Å². The average molecular weight is 278 g/mol. The van der Waals surface area contributed by atoms with Gasteiger partial charge in [0.15, 0.2) is 0 Å². The molecule has 1 heterocycles. The molecule has 19 heavy (non-hydrogen) atoms. The van der Waals surface area contributed by atoms with Gasteiger partial charge in [-0.25, -0.2) is 9.37 Å². The van der Waals surface area contributed by atoms with Crippen LogP contribution in [-0.2, 0) is 6.54 Å². The summed E-state index contributed by atoms with van der Waals surface area (Å²) in [6.45, 7) is 4.15. The quantitative estimate of drug-likeness (QED) is 0.864. The summed E-state index contributed by atoms with van der Waals surface area (Å²) in [5.41, 5.74) is 0.907. The highest BCUT2D eigenvalue weighted by atomic mass is 32.1. The number of amides is 1. The van der Waals surface area contributed by atoms with Crippen LogP contribution in [0.1, 0.15) is 25.8 Å². The van der Waals surface area contributed by atoms with E-state index >= 15 is 0 Å². The predicted molar refractivity (Wildman–Crippen MR) is 73.8 cm³/mol. The van der Waals surface area contributed by atoms with Crippen LogP contribution in [0.3, 0.4) is 0 Å². The molecule has 1 aromatic carbocycles. The highest BCUT2D eigenvalue weighted by Crippen LogP contribution is 2.16. The Balaban J connectivity index is 2.14. The van der Waals surface area contributed by atoms with Gasteiger partial charge in [-0.1, -0.05) is 6.07 Å². The first kappa shape index (κ1) is 13.7. The summed E-state index contributed by atoms with van der Waals surface area (Å²) in [6, 6.07) is 4.64. The molecule has 2 rings (SSSR count). The molecule has 0 saturated carbocycles. The Morgan fingerprint density at radius 1 is 1.42 bits per heavy atom. The lowest BCUT2D eigenvalue weighted by Crippen LogP contribution is -2.26. The normalized spacial score (nSPS) is 10.5. The van der Waals surface area contributed by atoms with Gasteiger partial charge in [0.05, 0.1) is 17.1 Å². The van der Waals surface area contributed by atoms with Crippen LogP contribution in [0.25, 0.3) is 0 Å². The molecule has 0 fully saturated rings. The second-order valence-electron chi connectivity index (χ2n) is 4.49. The summed E-state index contributed by atoms with van der Waals surface area (Å²) in [7, 11) is 1.66. The van der Waals surface area contributed by atoms with E-state index in [-0.39, 0.29) is 11.5 Å². The summed E-state index contributed by atoms with van der Waals surface area (Å²) < 4.78 is 13.7. The Bertz CT molecular complexity index is 609. The molecule has 0 aliphatic rings. The van der Waals surface area contributed by atoms with Gasteiger partial charge < -0.3 is 4.90 Å². The Morgan fingerprint density at radius 2 is 2.16 bits per heavy atom. The molecule has 0 saturated heterocycles. The molecular formula is C14H15FN2OS. The number of hydrogen-bond acceptors (Lipinski definition) is 3. The third-order valence-electron chi connectivity index (χ3n) is 2.76. The molecule has 0 bridgehead atoms. The zero-order valence-corrected chi connectivity index (χ0v) is 11.9. The third kappa shape index (κ3) is 3.17. The average Bonchev–Trinajstić information content (AvgIpc) is 2.74. The van der Waals surface area contributed by atoms with Crippen LogP contribution >= 0.6 is 11.3 Å². The minimum absolute atomic E-state index is 0.106. The van der Waals surface area contributed by atoms with E-state index in [4.69, 9.17) is 0 Å². The standard InChI is InChI=1S/C14H15FN2OS/c1-9-4-5-12(13(15)6-9)14(18)17(3)8-11-7-16-10(2)19-11/h4-7H,8H2,1-3H3. The lowest BCUT2D eigenvalue weighted by Gasteiger charge is -2.16. The minimum Gasteiger partial charge on any atom is -0.336 e. The van der Waals surface area contributed by atoms with Gasteiger partial charge in [-0.05, 0) is 31.5 Å². The molecule has 0 radical (unpaired) electrons. The number of aryl methyl sites for hydroxylation is 2. The number of benzene rings is 1. The second-order valence-corrected chi connectivity index (χ2v) is 5.81. The Morgan fingerprint density at radius 3 is 2.74 bits per heavy atom. The SMILES string of the molecule is Cc1ccc(C(=O)N(C)Cc2cnc(C)s2)c(F)c1. The van der Waals surface area contributed by atoms with Crippen molar-refractivity contribution in [2.24, 2.45) is 0 Å². The molecule has 1 amide bonds. The molecule has 1 aromatic heterocycles. The fraction of sp³-hybridized carbons (Fsp3) is 0.286. The first-order valence-corrected chi connectivity index (χ1v) is 6.72. The van der Waals surface area contributed by atoms with Crippen molar-refractivity contribution in [3.05, 3.63) is 51.2 Å². The predicted octanol–water partition coefficient (Wildman–Crippen LogP) is 3.17. The Labute approximate surface area is 115 Å². The molecular weight excluding hydrogens is 263 g/mol. The van der Waals surface area contributed by atoms with Gasteiger partial charge in [-0.15, -0.1) is 11.3 Å². The van der Waals surface area contributed by atoms with Crippen molar-refractivity contribution in [3.63, 3.8) is 0 Å². The first-order chi connectivity index (χ1) is 8.97. The monoisotopic (exact) mass is 278 g/mol. The second kappa shape index (κ2) is 5.48. The van der Waals surface area contributed by atoms with E-state index < -0.39 is 5.82 Å². The number of carbonyl (C=O) groups excluding carboxylic acids is 1. The molecule has 0 spiro atoms. The molecule has 0 aliphatic heterocycles. The van der Waals surface area contributed by atoms with Crippen LogP contribution < -0.4 is 0 Å². The van der Waals surface area contributed by atoms with E-state index in [1.807, 2.05) is 6.92 Å². The van der Waals surface area contributed by atoms with Gasteiger partial charge in [0.25, 0.3) is 5.91 Å². The lowest BCUT2D eigenvalue weighted by molar-refractivity contribution is 0.0781. The van der Waals surface area contributed by atoms with E-state index in [1.54, 1.807) is 26.2 Å². The fourth-order valence-corrected chi connectivity index (χ4v) is 2.63. The largest absolute Gasteiger partial charge is 0.336 e. The summed E-state index contributed by atoms with van der Waals surface area (Å²) in [4.78, 5) is 18.8. The van der Waals surface area contributed by atoms with Gasteiger partial charge in [0.2, 0.25) is 0 Å². The van der Waals surface area contributed by atoms with Gasteiger partial charge >= 0.3 is 0 Å². The maximum absolute atomic E-state index is 13.7. The van der Waals surface area contributed by atoms with E-state index in [0.717, 1.165) is 15.4 Å². The smallest absolute Gasteiger partial charge is 0.256 e. The molecule has 0 N–H and O–H groups in total. The fourth-order valence-electron chi connectivity index (χ4n) is 1.78. The third-order valence-corrected chi connectivity index (χ3v) is 3.66. The zero-order valence-electron chi connectivity index (χ0n) is 11.1. The molecule has 0 unspecified atom stereocenters. The molecule has 100 valence electrons. The van der Waals surface area contributed by atoms with E-state index in [1.165, 1.54) is 28.4 Å². The molecule has 5 heteroatoms. The number of halogens is 1. The summed E-state index contributed by atoms with van der Waals surface area (Å²) in [6.07, 6.45) is 1.75. The van der Waals surface area contributed by atoms with Crippen LogP contribution in [0.2, 0.25) is 0 Å². The van der Waals surface area contributed by atoms with E-state index in [9.17, 15) is 9.18 Å². The van der Waals surface area contributed by atoms with Gasteiger partial charge in [-0.3, -0.25) is 4.79 Å². The van der Waals surface area contributed by atoms with Crippen LogP contribution in [0, 0.1) is 19.7 Å². The molecule has 2 aromatic rings. The number of carbonyl (C=O) groups is 1. The van der Waals surface area contributed by atoms with Gasteiger partial charge in [0.1, 0.15) is 5.82 Å². The van der Waals surface area contributed by atoms with E-state index in [0.29, 0.717) is 6.54 Å². The van der Waals surface area contributed by atoms with Crippen LogP contribution in [0.5, 0.6) is 0 Å². The number of rotatable bonds is 3. The summed E-state index contributed by atoms with van der Waals surface area (Å²) >= 11 is 1.54. The van der Waals surface area contributed by atoms with Crippen molar-refractivity contribution in [2.75, 3.05) is 7.05 Å². The Kier molecular flexibility index (Phi) is 3.95. The van der Waals surface area contributed by atoms with Crippen LogP contribution in [0.15, 0.2) is 24.4 Å². The van der Waals surface area contributed by atoms with E-state index in [2.05, 4.69) is 4.98 Å². The summed E-state index contributed by atoms with van der Waals surface area (Å²) in [5.74, 6) is -0.791. The van der Waals surface area contributed by atoms with Gasteiger partial charge in [0, 0.05) is 18.1 Å². The van der Waals surface area contributed by atoms with Crippen molar-refractivity contribution in [1.29, 1.82) is 0 Å². The maximum Gasteiger partial charge on any atom is 0.256 e. The molecule has 0 atom stereocenters. The van der Waals surface area contributed by atoms with Crippen molar-refractivity contribution < 1.29 is 9.18 Å². The minimum atomic E-state index is -0.475. The lowest BCUT2D eigenvalue weighted by atomic mass is 10.1. The summed E-state index contributed by atoms with van der Waals surface area (Å²) in [5, 5.41) is 0.956. The topological polar surface area (TPSA) is 33.2 Å². The maximum atomic E-state index is 13.7. The van der Waals surface area contributed by atoms with Crippen molar-refractivity contribution in [2.45, 2.75) is 20.4 Å². The van der Waals surface area contributed by atoms with Crippen molar-refractivity contribution >= 4 is 17.2 Å². The molecule has 3 nitrogen and oxygen atoms in total. The number of aromatic nitrogens is 1. The van der Waals surface area contributed by atoms with Crippen LogP contribution in [-0.4, -0.2) is 22.8 Å². The highest BCUT2D eigenvalue weighted by molar-refractivity contribution is 7.11. The first-order valence-electron chi connectivity index (χ1n) is 5.90. The number of hydrogen-bond donors (Lipinski definition) is 0. The highest BCUT2D eigenvalue weighted by Gasteiger charge is 2.17. The zero-order chi connectivity index (χ0) is 14.0. The number of thiazole rings is 1. The number of nitrogens with zero attached hydrogens (tertiary/aromatic N) is 2. The van der Waals surface area contributed by atoms with Crippen molar-refractivity contribution in [1.82, 2.24) is 9.88 Å².